The van der Waals surface area contributed by atoms with E-state index in [0.29, 0.717) is 29.2 Å². The van der Waals surface area contributed by atoms with Crippen LogP contribution in [0, 0.1) is 5.82 Å². The van der Waals surface area contributed by atoms with Crippen molar-refractivity contribution >= 4 is 17.5 Å². The summed E-state index contributed by atoms with van der Waals surface area (Å²) in [5.41, 5.74) is 0.997. The number of fused-ring (bicyclic) bond motifs is 1. The van der Waals surface area contributed by atoms with Gasteiger partial charge < -0.3 is 9.47 Å². The third-order valence-electron chi connectivity index (χ3n) is 3.73. The van der Waals surface area contributed by atoms with Gasteiger partial charge in [0.1, 0.15) is 5.82 Å². The number of aromatic nitrogens is 2. The van der Waals surface area contributed by atoms with Crippen molar-refractivity contribution in [3.8, 4) is 0 Å². The minimum Gasteiger partial charge on any atom is -0.332 e. The molecule has 1 aliphatic rings. The van der Waals surface area contributed by atoms with E-state index in [4.69, 9.17) is 11.6 Å². The first kappa shape index (κ1) is 14.7. The van der Waals surface area contributed by atoms with Crippen LogP contribution in [0.25, 0.3) is 0 Å². The number of rotatable bonds is 1. The summed E-state index contributed by atoms with van der Waals surface area (Å²) in [5.74, 6) is -1.06. The van der Waals surface area contributed by atoms with E-state index in [-0.39, 0.29) is 17.7 Å². The van der Waals surface area contributed by atoms with Crippen LogP contribution in [0.4, 0.5) is 4.39 Å². The summed E-state index contributed by atoms with van der Waals surface area (Å²) in [6, 6.07) is 3.87. The number of halogens is 2. The molecular formula is C15H13ClFN3O2. The lowest BCUT2D eigenvalue weighted by atomic mass is 10.1. The smallest absolute Gasteiger partial charge is 0.257 e. The van der Waals surface area contributed by atoms with E-state index in [1.54, 1.807) is 7.05 Å². The molecule has 1 aliphatic heterocycles. The third-order valence-corrected chi connectivity index (χ3v) is 3.97. The SMILES string of the molecule is Cn1cnc2c(c1=O)CCN(C(=O)c1cc(Cl)ccc1F)C2. The molecule has 0 unspecified atom stereocenters. The molecule has 0 N–H and O–H groups in total. The molecule has 3 rings (SSSR count). The Hall–Kier alpha value is -2.21. The van der Waals surface area contributed by atoms with Crippen molar-refractivity contribution in [3.05, 3.63) is 62.5 Å². The van der Waals surface area contributed by atoms with Crippen molar-refractivity contribution in [1.29, 1.82) is 0 Å². The van der Waals surface area contributed by atoms with Gasteiger partial charge in [-0.05, 0) is 24.6 Å². The van der Waals surface area contributed by atoms with Crippen molar-refractivity contribution in [2.45, 2.75) is 13.0 Å². The molecule has 0 saturated carbocycles. The second kappa shape index (κ2) is 5.53. The van der Waals surface area contributed by atoms with Gasteiger partial charge >= 0.3 is 0 Å². The number of aryl methyl sites for hydroxylation is 1. The Morgan fingerprint density at radius 3 is 2.95 bits per heavy atom. The van der Waals surface area contributed by atoms with Gasteiger partial charge in [-0.25, -0.2) is 9.37 Å². The van der Waals surface area contributed by atoms with Gasteiger partial charge in [0.05, 0.1) is 24.1 Å². The van der Waals surface area contributed by atoms with E-state index in [1.807, 2.05) is 0 Å². The van der Waals surface area contributed by atoms with Crippen molar-refractivity contribution in [2.24, 2.45) is 7.05 Å². The summed E-state index contributed by atoms with van der Waals surface area (Å²) in [6.45, 7) is 0.537. The summed E-state index contributed by atoms with van der Waals surface area (Å²) < 4.78 is 15.2. The van der Waals surface area contributed by atoms with Crippen LogP contribution < -0.4 is 5.56 Å². The minimum atomic E-state index is -0.614. The van der Waals surface area contributed by atoms with Gasteiger partial charge in [-0.15, -0.1) is 0 Å². The summed E-state index contributed by atoms with van der Waals surface area (Å²) in [6.07, 6.45) is 1.83. The Balaban J connectivity index is 1.91. The maximum atomic E-state index is 13.8. The molecule has 2 aromatic rings. The van der Waals surface area contributed by atoms with E-state index < -0.39 is 11.7 Å². The van der Waals surface area contributed by atoms with Crippen molar-refractivity contribution < 1.29 is 9.18 Å². The first-order chi connectivity index (χ1) is 10.5. The number of carbonyl (C=O) groups excluding carboxylic acids is 1. The predicted molar refractivity (Wildman–Crippen MR) is 79.3 cm³/mol. The highest BCUT2D eigenvalue weighted by atomic mass is 35.5. The second-order valence-electron chi connectivity index (χ2n) is 5.19. The van der Waals surface area contributed by atoms with Crippen LogP contribution in [0.3, 0.4) is 0 Å². The lowest BCUT2D eigenvalue weighted by molar-refractivity contribution is 0.0726. The highest BCUT2D eigenvalue weighted by molar-refractivity contribution is 6.31. The van der Waals surface area contributed by atoms with Crippen LogP contribution in [-0.4, -0.2) is 26.9 Å². The van der Waals surface area contributed by atoms with Crippen LogP contribution >= 0.6 is 11.6 Å². The molecule has 22 heavy (non-hydrogen) atoms. The second-order valence-corrected chi connectivity index (χ2v) is 5.62. The molecule has 0 atom stereocenters. The first-order valence-corrected chi connectivity index (χ1v) is 7.13. The predicted octanol–water partition coefficient (Wildman–Crippen LogP) is 1.77. The average Bonchev–Trinajstić information content (AvgIpc) is 2.52. The zero-order valence-corrected chi connectivity index (χ0v) is 12.6. The summed E-state index contributed by atoms with van der Waals surface area (Å²) >= 11 is 5.83. The molecule has 114 valence electrons. The van der Waals surface area contributed by atoms with Crippen LogP contribution in [0.2, 0.25) is 5.02 Å². The molecule has 1 aromatic heterocycles. The van der Waals surface area contributed by atoms with Crippen molar-refractivity contribution in [2.75, 3.05) is 6.54 Å². The number of amides is 1. The van der Waals surface area contributed by atoms with Gasteiger partial charge in [-0.3, -0.25) is 9.59 Å². The lowest BCUT2D eigenvalue weighted by Crippen LogP contribution is -2.40. The summed E-state index contributed by atoms with van der Waals surface area (Å²) in [7, 11) is 1.63. The molecule has 0 spiro atoms. The number of carbonyl (C=O) groups is 1. The lowest BCUT2D eigenvalue weighted by Gasteiger charge is -2.28. The molecule has 0 saturated heterocycles. The molecule has 0 fully saturated rings. The van der Waals surface area contributed by atoms with E-state index in [1.165, 1.54) is 34.0 Å². The monoisotopic (exact) mass is 321 g/mol. The maximum Gasteiger partial charge on any atom is 0.257 e. The summed E-state index contributed by atoms with van der Waals surface area (Å²) in [5, 5.41) is 0.300. The molecule has 5 nitrogen and oxygen atoms in total. The van der Waals surface area contributed by atoms with Crippen LogP contribution in [0.5, 0.6) is 0 Å². The van der Waals surface area contributed by atoms with E-state index >= 15 is 0 Å². The summed E-state index contributed by atoms with van der Waals surface area (Å²) in [4.78, 5) is 30.1. The fourth-order valence-corrected chi connectivity index (χ4v) is 2.69. The van der Waals surface area contributed by atoms with Crippen LogP contribution in [0.15, 0.2) is 29.3 Å². The van der Waals surface area contributed by atoms with Gasteiger partial charge in [0.25, 0.3) is 11.5 Å². The first-order valence-electron chi connectivity index (χ1n) is 6.75. The Kier molecular flexibility index (Phi) is 3.70. The zero-order chi connectivity index (χ0) is 15.9. The van der Waals surface area contributed by atoms with Crippen LogP contribution in [0.1, 0.15) is 21.6 Å². The topological polar surface area (TPSA) is 55.2 Å². The van der Waals surface area contributed by atoms with Gasteiger partial charge in [-0.1, -0.05) is 11.6 Å². The number of hydrogen-bond acceptors (Lipinski definition) is 3. The normalized spacial score (nSPS) is 13.9. The van der Waals surface area contributed by atoms with Gasteiger partial charge in [0.2, 0.25) is 0 Å². The van der Waals surface area contributed by atoms with E-state index in [9.17, 15) is 14.0 Å². The zero-order valence-electron chi connectivity index (χ0n) is 11.8. The molecule has 0 bridgehead atoms. The molecule has 2 heterocycles. The number of nitrogens with zero attached hydrogens (tertiary/aromatic N) is 3. The Bertz CT molecular complexity index is 819. The molecule has 7 heteroatoms. The van der Waals surface area contributed by atoms with Gasteiger partial charge in [-0.2, -0.15) is 0 Å². The minimum absolute atomic E-state index is 0.0696. The van der Waals surface area contributed by atoms with Crippen molar-refractivity contribution in [1.82, 2.24) is 14.5 Å². The Morgan fingerprint density at radius 1 is 1.41 bits per heavy atom. The maximum absolute atomic E-state index is 13.8. The van der Waals surface area contributed by atoms with Gasteiger partial charge in [0, 0.05) is 24.2 Å². The fourth-order valence-electron chi connectivity index (χ4n) is 2.52. The Morgan fingerprint density at radius 2 is 2.18 bits per heavy atom. The molecule has 1 amide bonds. The Labute approximate surface area is 131 Å². The highest BCUT2D eigenvalue weighted by Crippen LogP contribution is 2.20. The molecular weight excluding hydrogens is 309 g/mol. The molecule has 1 aromatic carbocycles. The quantitative estimate of drug-likeness (QED) is 0.804. The van der Waals surface area contributed by atoms with E-state index in [0.717, 1.165) is 0 Å². The molecule has 0 aliphatic carbocycles. The van der Waals surface area contributed by atoms with E-state index in [2.05, 4.69) is 4.98 Å². The van der Waals surface area contributed by atoms with Crippen molar-refractivity contribution in [3.63, 3.8) is 0 Å². The van der Waals surface area contributed by atoms with Gasteiger partial charge in [0.15, 0.2) is 0 Å². The van der Waals surface area contributed by atoms with Crippen LogP contribution in [-0.2, 0) is 20.0 Å². The average molecular weight is 322 g/mol. The fraction of sp³-hybridized carbons (Fsp3) is 0.267. The third kappa shape index (κ3) is 2.50. The highest BCUT2D eigenvalue weighted by Gasteiger charge is 2.26. The number of hydrogen-bond donors (Lipinski definition) is 0. The largest absolute Gasteiger partial charge is 0.332 e. The standard InChI is InChI=1S/C15H13ClFN3O2/c1-19-8-18-13-7-20(5-4-10(13)14(19)21)15(22)11-6-9(16)2-3-12(11)17/h2-3,6,8H,4-5,7H2,1H3. The molecule has 0 radical (unpaired) electrons. The number of benzene rings is 1.